The first kappa shape index (κ1) is 19.5. The summed E-state index contributed by atoms with van der Waals surface area (Å²) in [4.78, 5) is 27.1. The van der Waals surface area contributed by atoms with E-state index >= 15 is 0 Å². The number of nitro groups is 1. The Labute approximate surface area is 166 Å². The molecule has 1 aromatic heterocycles. The van der Waals surface area contributed by atoms with E-state index in [2.05, 4.69) is 32.0 Å². The zero-order chi connectivity index (χ0) is 19.4. The zero-order valence-electron chi connectivity index (χ0n) is 15.2. The number of nitrogens with zero attached hydrogens (tertiary/aromatic N) is 5. The fourth-order valence-electron chi connectivity index (χ4n) is 3.19. The van der Waals surface area contributed by atoms with Gasteiger partial charge in [-0.15, -0.1) is 0 Å². The van der Waals surface area contributed by atoms with E-state index in [0.29, 0.717) is 31.7 Å². The number of aromatic nitrogens is 2. The highest BCUT2D eigenvalue weighted by Crippen LogP contribution is 2.19. The van der Waals surface area contributed by atoms with Crippen molar-refractivity contribution in [3.8, 4) is 0 Å². The first-order valence-corrected chi connectivity index (χ1v) is 9.65. The Bertz CT molecular complexity index is 830. The minimum absolute atomic E-state index is 0.0110. The van der Waals surface area contributed by atoms with E-state index in [1.807, 2.05) is 23.1 Å². The molecule has 0 atom stereocenters. The highest BCUT2D eigenvalue weighted by Gasteiger charge is 2.22. The molecule has 0 radical (unpaired) electrons. The van der Waals surface area contributed by atoms with Gasteiger partial charge >= 0.3 is 5.69 Å². The second-order valence-corrected chi connectivity index (χ2v) is 7.47. The number of hydrogen-bond donors (Lipinski definition) is 0. The molecule has 3 rings (SSSR count). The second kappa shape index (κ2) is 8.62. The summed E-state index contributed by atoms with van der Waals surface area (Å²) in [6, 6.07) is 8.17. The van der Waals surface area contributed by atoms with Gasteiger partial charge in [0.2, 0.25) is 5.91 Å². The van der Waals surface area contributed by atoms with Gasteiger partial charge in [0.15, 0.2) is 0 Å². The zero-order valence-corrected chi connectivity index (χ0v) is 16.8. The van der Waals surface area contributed by atoms with Crippen molar-refractivity contribution in [1.82, 2.24) is 19.6 Å². The standard InChI is InChI=1S/C18H22BrN5O3/c1-14-17(24(26)27)13-23(20-14)7-6-18(25)22-10-8-21(9-11-22)12-15-4-2-3-5-16(15)19/h2-5,13H,6-12H2,1H3. The van der Waals surface area contributed by atoms with Gasteiger partial charge in [0.05, 0.1) is 4.92 Å². The molecule has 0 aliphatic carbocycles. The minimum atomic E-state index is -0.453. The summed E-state index contributed by atoms with van der Waals surface area (Å²) < 4.78 is 2.58. The van der Waals surface area contributed by atoms with Crippen molar-refractivity contribution >= 4 is 27.5 Å². The highest BCUT2D eigenvalue weighted by molar-refractivity contribution is 9.10. The highest BCUT2D eigenvalue weighted by atomic mass is 79.9. The van der Waals surface area contributed by atoms with Crippen molar-refractivity contribution in [2.45, 2.75) is 26.4 Å². The fourth-order valence-corrected chi connectivity index (χ4v) is 3.60. The summed E-state index contributed by atoms with van der Waals surface area (Å²) in [6.07, 6.45) is 1.68. The molecule has 1 aliphatic rings. The van der Waals surface area contributed by atoms with Crippen LogP contribution in [0.4, 0.5) is 5.69 Å². The number of rotatable bonds is 6. The summed E-state index contributed by atoms with van der Waals surface area (Å²) in [5.74, 6) is 0.0614. The molecule has 1 amide bonds. The third kappa shape index (κ3) is 4.92. The SMILES string of the molecule is Cc1nn(CCC(=O)N2CCN(Cc3ccccc3Br)CC2)cc1[N+](=O)[O-]. The molecule has 1 aromatic carbocycles. The molecule has 0 N–H and O–H groups in total. The quantitative estimate of drug-likeness (QED) is 0.514. The van der Waals surface area contributed by atoms with Crippen LogP contribution in [0.3, 0.4) is 0 Å². The van der Waals surface area contributed by atoms with Crippen molar-refractivity contribution in [2.24, 2.45) is 0 Å². The van der Waals surface area contributed by atoms with Crippen LogP contribution in [0.15, 0.2) is 34.9 Å². The molecule has 0 spiro atoms. The lowest BCUT2D eigenvalue weighted by molar-refractivity contribution is -0.385. The van der Waals surface area contributed by atoms with Crippen molar-refractivity contribution < 1.29 is 9.72 Å². The van der Waals surface area contributed by atoms with E-state index in [1.165, 1.54) is 16.4 Å². The van der Waals surface area contributed by atoms with Gasteiger partial charge in [0.1, 0.15) is 11.9 Å². The Morgan fingerprint density at radius 3 is 2.59 bits per heavy atom. The van der Waals surface area contributed by atoms with Crippen LogP contribution in [0.2, 0.25) is 0 Å². The van der Waals surface area contributed by atoms with Gasteiger partial charge in [0, 0.05) is 50.2 Å². The Kier molecular flexibility index (Phi) is 6.22. The molecule has 0 saturated carbocycles. The van der Waals surface area contributed by atoms with Crippen LogP contribution < -0.4 is 0 Å². The molecule has 0 bridgehead atoms. The van der Waals surface area contributed by atoms with Crippen LogP contribution in [-0.2, 0) is 17.9 Å². The molecule has 1 aliphatic heterocycles. The summed E-state index contributed by atoms with van der Waals surface area (Å²) in [5, 5.41) is 15.0. The predicted octanol–water partition coefficient (Wildman–Crippen LogP) is 2.60. The smallest absolute Gasteiger partial charge is 0.309 e. The molecule has 9 heteroatoms. The summed E-state index contributed by atoms with van der Waals surface area (Å²) in [5.41, 5.74) is 1.60. The molecule has 27 heavy (non-hydrogen) atoms. The number of benzene rings is 1. The summed E-state index contributed by atoms with van der Waals surface area (Å²) >= 11 is 3.57. The van der Waals surface area contributed by atoms with E-state index in [9.17, 15) is 14.9 Å². The number of halogens is 1. The van der Waals surface area contributed by atoms with Crippen LogP contribution in [-0.4, -0.2) is 56.6 Å². The molecule has 2 aromatic rings. The Hall–Kier alpha value is -2.26. The van der Waals surface area contributed by atoms with Crippen LogP contribution in [0, 0.1) is 17.0 Å². The molecule has 8 nitrogen and oxygen atoms in total. The van der Waals surface area contributed by atoms with E-state index in [1.54, 1.807) is 6.92 Å². The third-order valence-electron chi connectivity index (χ3n) is 4.75. The third-order valence-corrected chi connectivity index (χ3v) is 5.52. The number of aryl methyl sites for hydroxylation is 2. The molecule has 1 saturated heterocycles. The topological polar surface area (TPSA) is 84.5 Å². The maximum Gasteiger partial charge on any atom is 0.309 e. The molecule has 144 valence electrons. The predicted molar refractivity (Wildman–Crippen MR) is 104 cm³/mol. The first-order chi connectivity index (χ1) is 12.9. The molecule has 0 unspecified atom stereocenters. The maximum atomic E-state index is 12.4. The van der Waals surface area contributed by atoms with Crippen LogP contribution in [0.25, 0.3) is 0 Å². The van der Waals surface area contributed by atoms with Gasteiger partial charge in [0.25, 0.3) is 0 Å². The Morgan fingerprint density at radius 2 is 1.96 bits per heavy atom. The van der Waals surface area contributed by atoms with Gasteiger partial charge in [-0.05, 0) is 18.6 Å². The van der Waals surface area contributed by atoms with Crippen LogP contribution in [0.5, 0.6) is 0 Å². The second-order valence-electron chi connectivity index (χ2n) is 6.62. The molecular formula is C18H22BrN5O3. The monoisotopic (exact) mass is 435 g/mol. The van der Waals surface area contributed by atoms with E-state index in [4.69, 9.17) is 0 Å². The average Bonchev–Trinajstić information content (AvgIpc) is 3.03. The number of carbonyl (C=O) groups excluding carboxylic acids is 1. The lowest BCUT2D eigenvalue weighted by Crippen LogP contribution is -2.48. The van der Waals surface area contributed by atoms with E-state index in [-0.39, 0.29) is 11.6 Å². The molecule has 1 fully saturated rings. The maximum absolute atomic E-state index is 12.4. The fraction of sp³-hybridized carbons (Fsp3) is 0.444. The summed E-state index contributed by atoms with van der Waals surface area (Å²) in [6.45, 7) is 5.87. The number of hydrogen-bond acceptors (Lipinski definition) is 5. The van der Waals surface area contributed by atoms with E-state index < -0.39 is 4.92 Å². The van der Waals surface area contributed by atoms with Gasteiger partial charge in [-0.25, -0.2) is 0 Å². The van der Waals surface area contributed by atoms with Crippen LogP contribution >= 0.6 is 15.9 Å². The van der Waals surface area contributed by atoms with Gasteiger partial charge < -0.3 is 4.90 Å². The lowest BCUT2D eigenvalue weighted by atomic mass is 10.2. The number of piperazine rings is 1. The van der Waals surface area contributed by atoms with Crippen molar-refractivity contribution in [1.29, 1.82) is 0 Å². The Morgan fingerprint density at radius 1 is 1.26 bits per heavy atom. The van der Waals surface area contributed by atoms with Gasteiger partial charge in [-0.2, -0.15) is 5.10 Å². The lowest BCUT2D eigenvalue weighted by Gasteiger charge is -2.35. The number of amides is 1. The van der Waals surface area contributed by atoms with Gasteiger partial charge in [-0.3, -0.25) is 24.5 Å². The van der Waals surface area contributed by atoms with Crippen LogP contribution in [0.1, 0.15) is 17.7 Å². The molecular weight excluding hydrogens is 414 g/mol. The van der Waals surface area contributed by atoms with E-state index in [0.717, 1.165) is 24.1 Å². The van der Waals surface area contributed by atoms with Gasteiger partial charge in [-0.1, -0.05) is 34.1 Å². The minimum Gasteiger partial charge on any atom is -0.340 e. The van der Waals surface area contributed by atoms with Crippen molar-refractivity contribution in [3.63, 3.8) is 0 Å². The normalized spacial score (nSPS) is 15.1. The summed E-state index contributed by atoms with van der Waals surface area (Å²) in [7, 11) is 0. The first-order valence-electron chi connectivity index (χ1n) is 8.86. The van der Waals surface area contributed by atoms with Crippen molar-refractivity contribution in [2.75, 3.05) is 26.2 Å². The average molecular weight is 436 g/mol. The Balaban J connectivity index is 1.46. The van der Waals surface area contributed by atoms with Crippen molar-refractivity contribution in [3.05, 3.63) is 56.3 Å². The largest absolute Gasteiger partial charge is 0.340 e. The number of carbonyl (C=O) groups is 1. The molecule has 2 heterocycles.